The van der Waals surface area contributed by atoms with Crippen molar-refractivity contribution in [1.82, 2.24) is 0 Å². The summed E-state index contributed by atoms with van der Waals surface area (Å²) < 4.78 is 11.6. The van der Waals surface area contributed by atoms with E-state index in [1.807, 2.05) is 36.4 Å². The van der Waals surface area contributed by atoms with E-state index < -0.39 is 12.2 Å². The number of carbonyl (C=O) groups excluding carboxylic acids is 2. The summed E-state index contributed by atoms with van der Waals surface area (Å²) >= 11 is 5.95. The van der Waals surface area contributed by atoms with E-state index in [0.717, 1.165) is 0 Å². The fourth-order valence-electron chi connectivity index (χ4n) is 3.05. The van der Waals surface area contributed by atoms with Gasteiger partial charge in [-0.05, 0) is 66.7 Å². The number of nitrogens with one attached hydrogen (secondary N) is 2. The van der Waals surface area contributed by atoms with Crippen LogP contribution in [0.2, 0.25) is 5.02 Å². The third kappa shape index (κ3) is 6.37. The first-order chi connectivity index (χ1) is 16.6. The van der Waals surface area contributed by atoms with Crippen LogP contribution in [0.5, 0.6) is 11.5 Å². The van der Waals surface area contributed by atoms with Crippen LogP contribution in [0.25, 0.3) is 0 Å². The molecule has 4 rings (SSSR count). The largest absolute Gasteiger partial charge is 0.446 e. The molecule has 0 heterocycles. The van der Waals surface area contributed by atoms with E-state index in [-0.39, 0.29) is 5.91 Å². The van der Waals surface area contributed by atoms with Crippen molar-refractivity contribution >= 4 is 34.8 Å². The van der Waals surface area contributed by atoms with Crippen molar-refractivity contribution in [2.45, 2.75) is 6.29 Å². The number of amides is 2. The number of para-hydroxylation sites is 2. The Hall–Kier alpha value is -4.29. The summed E-state index contributed by atoms with van der Waals surface area (Å²) in [6, 6.07) is 31.3. The maximum Gasteiger partial charge on any atom is 0.321 e. The van der Waals surface area contributed by atoms with Gasteiger partial charge in [-0.25, -0.2) is 0 Å². The van der Waals surface area contributed by atoms with E-state index in [0.29, 0.717) is 33.5 Å². The summed E-state index contributed by atoms with van der Waals surface area (Å²) in [5.74, 6) is 0.227. The molecular weight excluding hydrogens is 452 g/mol. The van der Waals surface area contributed by atoms with Gasteiger partial charge < -0.3 is 20.1 Å². The lowest BCUT2D eigenvalue weighted by Crippen LogP contribution is -2.38. The van der Waals surface area contributed by atoms with Crippen molar-refractivity contribution < 1.29 is 19.1 Å². The minimum Gasteiger partial charge on any atom is -0.446 e. The van der Waals surface area contributed by atoms with Crippen LogP contribution >= 0.6 is 11.6 Å². The van der Waals surface area contributed by atoms with Gasteiger partial charge in [0.15, 0.2) is 0 Å². The van der Waals surface area contributed by atoms with E-state index in [1.54, 1.807) is 72.8 Å². The van der Waals surface area contributed by atoms with Crippen LogP contribution in [-0.2, 0) is 4.79 Å². The van der Waals surface area contributed by atoms with Gasteiger partial charge in [-0.3, -0.25) is 9.59 Å². The molecule has 0 aliphatic heterocycles. The van der Waals surface area contributed by atoms with E-state index >= 15 is 0 Å². The summed E-state index contributed by atoms with van der Waals surface area (Å²) in [5.41, 5.74) is 1.54. The number of rotatable bonds is 8. The van der Waals surface area contributed by atoms with Crippen molar-refractivity contribution in [3.8, 4) is 11.5 Å². The van der Waals surface area contributed by atoms with Gasteiger partial charge in [-0.15, -0.1) is 0 Å². The zero-order valence-electron chi connectivity index (χ0n) is 18.0. The summed E-state index contributed by atoms with van der Waals surface area (Å²) in [5, 5.41) is 6.06. The van der Waals surface area contributed by atoms with Crippen LogP contribution < -0.4 is 20.1 Å². The first-order valence-corrected chi connectivity index (χ1v) is 10.9. The van der Waals surface area contributed by atoms with Gasteiger partial charge in [0.25, 0.3) is 5.91 Å². The number of hydrogen-bond donors (Lipinski definition) is 2. The molecule has 0 spiro atoms. The molecule has 0 aliphatic rings. The van der Waals surface area contributed by atoms with Gasteiger partial charge in [0, 0.05) is 22.0 Å². The average molecular weight is 473 g/mol. The highest BCUT2D eigenvalue weighted by molar-refractivity contribution is 6.31. The molecule has 0 atom stereocenters. The topological polar surface area (TPSA) is 76.7 Å². The van der Waals surface area contributed by atoms with Gasteiger partial charge in [0.1, 0.15) is 11.5 Å². The van der Waals surface area contributed by atoms with E-state index in [9.17, 15) is 9.59 Å². The quantitative estimate of drug-likeness (QED) is 0.308. The Morgan fingerprint density at radius 3 is 1.71 bits per heavy atom. The Morgan fingerprint density at radius 1 is 0.647 bits per heavy atom. The van der Waals surface area contributed by atoms with E-state index in [2.05, 4.69) is 10.6 Å². The highest BCUT2D eigenvalue weighted by Crippen LogP contribution is 2.19. The van der Waals surface area contributed by atoms with Gasteiger partial charge in [0.05, 0.1) is 0 Å². The monoisotopic (exact) mass is 472 g/mol. The molecule has 0 saturated heterocycles. The Balaban J connectivity index is 1.42. The molecule has 0 aliphatic carbocycles. The van der Waals surface area contributed by atoms with Crippen molar-refractivity contribution in [3.05, 3.63) is 120 Å². The lowest BCUT2D eigenvalue weighted by molar-refractivity contribution is -0.134. The molecule has 4 aromatic rings. The standard InChI is InChI=1S/C27H21ClN2O4/c28-20-9-7-8-19(18-20)25(31)29-21-14-16-22(17-15-21)30-26(32)27(33-23-10-3-1-4-11-23)34-24-12-5-2-6-13-24/h1-18,27H,(H,29,31)(H,30,32). The highest BCUT2D eigenvalue weighted by Gasteiger charge is 2.23. The van der Waals surface area contributed by atoms with Gasteiger partial charge in [-0.1, -0.05) is 54.1 Å². The summed E-state index contributed by atoms with van der Waals surface area (Å²) in [6.07, 6.45) is -1.22. The predicted molar refractivity (Wildman–Crippen MR) is 132 cm³/mol. The average Bonchev–Trinajstić information content (AvgIpc) is 2.86. The number of carbonyl (C=O) groups is 2. The molecule has 0 unspecified atom stereocenters. The van der Waals surface area contributed by atoms with E-state index in [1.165, 1.54) is 0 Å². The molecule has 34 heavy (non-hydrogen) atoms. The van der Waals surface area contributed by atoms with Crippen molar-refractivity contribution in [1.29, 1.82) is 0 Å². The third-order valence-electron chi connectivity index (χ3n) is 4.68. The number of hydrogen-bond acceptors (Lipinski definition) is 4. The minimum absolute atomic E-state index is 0.285. The van der Waals surface area contributed by atoms with Gasteiger partial charge in [0.2, 0.25) is 0 Å². The maximum absolute atomic E-state index is 13.0. The molecule has 0 fully saturated rings. The second-order valence-electron chi connectivity index (χ2n) is 7.22. The number of halogens is 1. The van der Waals surface area contributed by atoms with Crippen LogP contribution in [0.1, 0.15) is 10.4 Å². The lowest BCUT2D eigenvalue weighted by Gasteiger charge is -2.20. The van der Waals surface area contributed by atoms with Crippen LogP contribution in [0.4, 0.5) is 11.4 Å². The smallest absolute Gasteiger partial charge is 0.321 e. The first kappa shape index (κ1) is 22.9. The predicted octanol–water partition coefficient (Wildman–Crippen LogP) is 6.01. The Labute approximate surface area is 202 Å². The molecule has 7 heteroatoms. The number of anilines is 2. The minimum atomic E-state index is -1.22. The zero-order chi connectivity index (χ0) is 23.8. The number of ether oxygens (including phenoxy) is 2. The molecule has 0 aromatic heterocycles. The summed E-state index contributed by atoms with van der Waals surface area (Å²) in [7, 11) is 0. The Morgan fingerprint density at radius 2 is 1.18 bits per heavy atom. The second-order valence-corrected chi connectivity index (χ2v) is 7.66. The molecule has 170 valence electrons. The normalized spacial score (nSPS) is 10.4. The summed E-state index contributed by atoms with van der Waals surface area (Å²) in [6.45, 7) is 0. The molecule has 4 aromatic carbocycles. The maximum atomic E-state index is 13.0. The molecule has 0 radical (unpaired) electrons. The molecule has 2 amide bonds. The van der Waals surface area contributed by atoms with Gasteiger partial charge in [-0.2, -0.15) is 0 Å². The number of benzene rings is 4. The molecule has 0 saturated carbocycles. The SMILES string of the molecule is O=C(Nc1ccc(NC(=O)C(Oc2ccccc2)Oc2ccccc2)cc1)c1cccc(Cl)c1. The van der Waals surface area contributed by atoms with E-state index in [4.69, 9.17) is 21.1 Å². The summed E-state index contributed by atoms with van der Waals surface area (Å²) in [4.78, 5) is 25.4. The van der Waals surface area contributed by atoms with Crippen LogP contribution in [0.3, 0.4) is 0 Å². The third-order valence-corrected chi connectivity index (χ3v) is 4.92. The van der Waals surface area contributed by atoms with Crippen molar-refractivity contribution in [2.75, 3.05) is 10.6 Å². The fourth-order valence-corrected chi connectivity index (χ4v) is 3.24. The van der Waals surface area contributed by atoms with Crippen LogP contribution in [0.15, 0.2) is 109 Å². The molecular formula is C27H21ClN2O4. The van der Waals surface area contributed by atoms with Crippen LogP contribution in [0, 0.1) is 0 Å². The Kier molecular flexibility index (Phi) is 7.42. The van der Waals surface area contributed by atoms with Crippen LogP contribution in [-0.4, -0.2) is 18.1 Å². The molecule has 6 nitrogen and oxygen atoms in total. The first-order valence-electron chi connectivity index (χ1n) is 10.5. The van der Waals surface area contributed by atoms with Crippen molar-refractivity contribution in [3.63, 3.8) is 0 Å². The van der Waals surface area contributed by atoms with Gasteiger partial charge >= 0.3 is 12.2 Å². The van der Waals surface area contributed by atoms with Crippen molar-refractivity contribution in [2.24, 2.45) is 0 Å². The highest BCUT2D eigenvalue weighted by atomic mass is 35.5. The molecule has 0 bridgehead atoms. The molecule has 2 N–H and O–H groups in total. The second kappa shape index (κ2) is 11.0. The Bertz CT molecular complexity index is 1210. The zero-order valence-corrected chi connectivity index (χ0v) is 18.7. The fraction of sp³-hybridized carbons (Fsp3) is 0.0370. The lowest BCUT2D eigenvalue weighted by atomic mass is 10.2.